The van der Waals surface area contributed by atoms with Crippen molar-refractivity contribution >= 4 is 78.9 Å². The van der Waals surface area contributed by atoms with E-state index in [2.05, 4.69) is 77.7 Å². The van der Waals surface area contributed by atoms with E-state index in [-0.39, 0.29) is 25.9 Å². The number of imidazole rings is 1. The number of pyridine rings is 1. The van der Waals surface area contributed by atoms with Gasteiger partial charge in [0.05, 0.1) is 36.2 Å². The van der Waals surface area contributed by atoms with Gasteiger partial charge in [-0.2, -0.15) is 0 Å². The van der Waals surface area contributed by atoms with Gasteiger partial charge in [-0.15, -0.1) is 48.0 Å². The molecule has 8 aromatic carbocycles. The summed E-state index contributed by atoms with van der Waals surface area (Å²) in [6, 6.07) is 60.8. The number of rotatable bonds is 6. The molecule has 0 aliphatic rings. The third-order valence-corrected chi connectivity index (χ3v) is 13.5. The van der Waals surface area contributed by atoms with Crippen molar-refractivity contribution in [3.8, 4) is 28.3 Å². The maximum absolute atomic E-state index is 15.3. The first-order chi connectivity index (χ1) is 31.5. The van der Waals surface area contributed by atoms with Crippen LogP contribution < -0.4 is 5.19 Å². The van der Waals surface area contributed by atoms with Crippen molar-refractivity contribution in [2.24, 2.45) is 0 Å². The summed E-state index contributed by atoms with van der Waals surface area (Å²) >= 11 is 0. The molecule has 4 heterocycles. The molecule has 0 spiro atoms. The zero-order valence-electron chi connectivity index (χ0n) is 37.1. The number of para-hydroxylation sites is 3. The molecule has 5 nitrogen and oxygen atoms in total. The first kappa shape index (κ1) is 38.7. The molecular formula is C56H40FIrN3O2Si-2. The molecule has 0 saturated carbocycles. The van der Waals surface area contributed by atoms with E-state index in [4.69, 9.17) is 16.6 Å². The Morgan fingerprint density at radius 3 is 2.12 bits per heavy atom. The summed E-state index contributed by atoms with van der Waals surface area (Å²) in [5, 5.41) is 6.44. The zero-order valence-corrected chi connectivity index (χ0v) is 38.5. The monoisotopic (exact) mass is 1030 g/mol. The fraction of sp³-hybridized carbons (Fsp3) is 0.0714. The molecule has 0 fully saturated rings. The summed E-state index contributed by atoms with van der Waals surface area (Å²) in [6.45, 7) is 6.68. The Bertz CT molecular complexity index is 3770. The third-order valence-electron chi connectivity index (χ3n) is 11.5. The van der Waals surface area contributed by atoms with Crippen molar-refractivity contribution in [1.29, 1.82) is 0 Å². The molecule has 0 aliphatic heterocycles. The van der Waals surface area contributed by atoms with Crippen LogP contribution >= 0.6 is 0 Å². The van der Waals surface area contributed by atoms with E-state index in [0.29, 0.717) is 33.5 Å². The molecule has 8 heteroatoms. The van der Waals surface area contributed by atoms with E-state index >= 15 is 4.39 Å². The van der Waals surface area contributed by atoms with Crippen LogP contribution in [0.5, 0.6) is 0 Å². The molecule has 313 valence electrons. The Balaban J connectivity index is 0.000000171. The minimum absolute atomic E-state index is 0. The van der Waals surface area contributed by atoms with Crippen LogP contribution in [0.2, 0.25) is 19.6 Å². The largest absolute Gasteiger partial charge is 0.500 e. The fourth-order valence-corrected chi connectivity index (χ4v) is 9.91. The van der Waals surface area contributed by atoms with Gasteiger partial charge in [-0.1, -0.05) is 140 Å². The summed E-state index contributed by atoms with van der Waals surface area (Å²) in [5.41, 5.74) is 8.77. The number of nitrogens with zero attached hydrogens (tertiary/aromatic N) is 3. The number of hydrogen-bond acceptors (Lipinski definition) is 4. The van der Waals surface area contributed by atoms with Crippen molar-refractivity contribution in [3.63, 3.8) is 0 Å². The Hall–Kier alpha value is -6.96. The normalized spacial score (nSPS) is 12.4. The molecule has 0 aliphatic carbocycles. The second-order valence-corrected chi connectivity index (χ2v) is 21.7. The average Bonchev–Trinajstić information content (AvgIpc) is 4.03. The zero-order chi connectivity index (χ0) is 44.5. The van der Waals surface area contributed by atoms with Crippen LogP contribution in [0, 0.1) is 17.9 Å². The predicted molar refractivity (Wildman–Crippen MR) is 258 cm³/mol. The molecule has 0 saturated heterocycles. The van der Waals surface area contributed by atoms with E-state index in [1.807, 2.05) is 134 Å². The molecule has 0 amide bonds. The summed E-state index contributed by atoms with van der Waals surface area (Å²) in [5.74, 6) is 0.221. The molecule has 12 aromatic rings. The van der Waals surface area contributed by atoms with Gasteiger partial charge in [-0.3, -0.25) is 9.37 Å². The van der Waals surface area contributed by atoms with Crippen LogP contribution in [0.4, 0.5) is 4.39 Å². The van der Waals surface area contributed by atoms with Crippen molar-refractivity contribution < 1.29 is 36.1 Å². The topological polar surface area (TPSA) is 57.0 Å². The molecule has 0 bridgehead atoms. The van der Waals surface area contributed by atoms with E-state index in [9.17, 15) is 0 Å². The Morgan fingerprint density at radius 2 is 1.36 bits per heavy atom. The molecule has 4 aromatic heterocycles. The first-order valence-corrected chi connectivity index (χ1v) is 24.4. The molecular weight excluding hydrogens is 986 g/mol. The number of halogens is 1. The molecule has 1 radical (unpaired) electrons. The number of hydrogen-bond donors (Lipinski definition) is 0. The predicted octanol–water partition coefficient (Wildman–Crippen LogP) is 14.3. The number of furan rings is 2. The number of fused-ring (bicyclic) bond motifs is 8. The summed E-state index contributed by atoms with van der Waals surface area (Å²) in [6.07, 6.45) is 0.307. The summed E-state index contributed by atoms with van der Waals surface area (Å²) < 4.78 is 47.7. The maximum atomic E-state index is 15.3. The Morgan fingerprint density at radius 1 is 0.688 bits per heavy atom. The van der Waals surface area contributed by atoms with Crippen LogP contribution in [0.3, 0.4) is 0 Å². The average molecular weight is 1030 g/mol. The van der Waals surface area contributed by atoms with Gasteiger partial charge >= 0.3 is 0 Å². The van der Waals surface area contributed by atoms with Gasteiger partial charge in [0, 0.05) is 51.0 Å². The Kier molecular flexibility index (Phi) is 10.1. The standard InChI is InChI=1S/C35H18FN2O2.C21H22NSi.Ir/c36-26-17-16-25(34-32(26)24-11-4-6-15-31(24)40-34)35-37-27-18-20-8-1-2-9-21(20)19-29(27)38(35)28-13-7-12-23-22-10-3-5-14-30(22)39-33(23)28;1-23(2,3)21-16-22-20(18-12-8-5-9-13-18)15-19(21)14-17-10-6-4-7-11-17;/h1-15,17-19H;4-12,15-16H,14H2,1-3H3;/q2*-1;/i;14D2;. The molecule has 12 rings (SSSR count). The number of aromatic nitrogens is 3. The Labute approximate surface area is 387 Å². The van der Waals surface area contributed by atoms with Crippen molar-refractivity contribution in [1.82, 2.24) is 14.5 Å². The van der Waals surface area contributed by atoms with Crippen LogP contribution in [0.25, 0.3) is 94.0 Å². The maximum Gasteiger partial charge on any atom is 0.158 e. The van der Waals surface area contributed by atoms with E-state index < -0.39 is 14.4 Å². The van der Waals surface area contributed by atoms with Gasteiger partial charge in [0.2, 0.25) is 0 Å². The second kappa shape index (κ2) is 16.6. The van der Waals surface area contributed by atoms with E-state index in [0.717, 1.165) is 76.8 Å². The summed E-state index contributed by atoms with van der Waals surface area (Å²) in [4.78, 5) is 9.75. The van der Waals surface area contributed by atoms with Crippen LogP contribution in [-0.2, 0) is 26.5 Å². The minimum atomic E-state index is -1.76. The van der Waals surface area contributed by atoms with Gasteiger partial charge in [0.1, 0.15) is 11.2 Å². The van der Waals surface area contributed by atoms with Gasteiger partial charge in [0.15, 0.2) is 5.58 Å². The summed E-state index contributed by atoms with van der Waals surface area (Å²) in [7, 11) is -1.76. The van der Waals surface area contributed by atoms with E-state index in [1.54, 1.807) is 0 Å². The molecule has 0 atom stereocenters. The van der Waals surface area contributed by atoms with Gasteiger partial charge < -0.3 is 18.4 Å². The SMILES string of the molecule is Fc1c[c-]c(-c2nc3cc4ccccc4cc3n2-c2cccc3c2oc2ccccc23)c2oc3ccccc3c12.[2H]C([2H])(c1ccccc1)c1cc(-c2[c-]cccc2)ncc1[Si](C)(C)C.[Ir]. The molecule has 0 unspecified atom stereocenters. The van der Waals surface area contributed by atoms with E-state index in [1.165, 1.54) is 6.07 Å². The molecule has 64 heavy (non-hydrogen) atoms. The second-order valence-electron chi connectivity index (χ2n) is 16.7. The van der Waals surface area contributed by atoms with Crippen molar-refractivity contribution in [3.05, 3.63) is 205 Å². The van der Waals surface area contributed by atoms with Gasteiger partial charge in [-0.25, -0.2) is 0 Å². The van der Waals surface area contributed by atoms with Gasteiger partial charge in [0.25, 0.3) is 0 Å². The van der Waals surface area contributed by atoms with Crippen molar-refractivity contribution in [2.45, 2.75) is 26.0 Å². The van der Waals surface area contributed by atoms with Crippen LogP contribution in [0.1, 0.15) is 13.9 Å². The van der Waals surface area contributed by atoms with Gasteiger partial charge in [-0.05, 0) is 69.3 Å². The first-order valence-electron chi connectivity index (χ1n) is 21.9. The fourth-order valence-electron chi connectivity index (χ4n) is 8.51. The quantitative estimate of drug-likeness (QED) is 0.123. The smallest absolute Gasteiger partial charge is 0.158 e. The van der Waals surface area contributed by atoms with Crippen LogP contribution in [-0.4, -0.2) is 22.6 Å². The molecule has 0 N–H and O–H groups in total. The minimum Gasteiger partial charge on any atom is -0.500 e. The number of benzene rings is 8. The third kappa shape index (κ3) is 7.33. The van der Waals surface area contributed by atoms with Crippen LogP contribution in [0.15, 0.2) is 185 Å². The van der Waals surface area contributed by atoms with Crippen molar-refractivity contribution in [2.75, 3.05) is 0 Å².